The molecular weight excluding hydrogens is 284 g/mol. The summed E-state index contributed by atoms with van der Waals surface area (Å²) in [7, 11) is 2.19. The van der Waals surface area contributed by atoms with Crippen LogP contribution in [0, 0.1) is 18.3 Å². The van der Waals surface area contributed by atoms with E-state index >= 15 is 0 Å². The van der Waals surface area contributed by atoms with Crippen LogP contribution in [0.25, 0.3) is 10.9 Å². The van der Waals surface area contributed by atoms with Gasteiger partial charge in [-0.3, -0.25) is 0 Å². The van der Waals surface area contributed by atoms with E-state index in [1.54, 1.807) is 0 Å². The van der Waals surface area contributed by atoms with Crippen molar-refractivity contribution >= 4 is 28.3 Å². The fourth-order valence-electron chi connectivity index (χ4n) is 2.72. The van der Waals surface area contributed by atoms with Crippen LogP contribution in [0.2, 0.25) is 5.02 Å². The monoisotopic (exact) mass is 301 g/mol. The van der Waals surface area contributed by atoms with Crippen molar-refractivity contribution in [3.63, 3.8) is 0 Å². The molecule has 0 amide bonds. The molecular formula is C16H18ClN4+. The fraction of sp³-hybridized carbons (Fsp3) is 0.375. The third-order valence-electron chi connectivity index (χ3n) is 4.11. The minimum Gasteiger partial charge on any atom is -0.344 e. The maximum atomic E-state index is 9.44. The second kappa shape index (κ2) is 5.51. The third-order valence-corrected chi connectivity index (χ3v) is 4.52. The molecule has 0 radical (unpaired) electrons. The van der Waals surface area contributed by atoms with Gasteiger partial charge < -0.3 is 9.80 Å². The average Bonchev–Trinajstić information content (AvgIpc) is 2.48. The summed E-state index contributed by atoms with van der Waals surface area (Å²) in [5.74, 6) is 0.789. The van der Waals surface area contributed by atoms with Crippen molar-refractivity contribution in [2.45, 2.75) is 6.92 Å². The van der Waals surface area contributed by atoms with Crippen LogP contribution in [0.15, 0.2) is 18.2 Å². The first-order chi connectivity index (χ1) is 10.1. The van der Waals surface area contributed by atoms with Crippen LogP contribution in [-0.4, -0.2) is 38.2 Å². The first-order valence-electron chi connectivity index (χ1n) is 7.16. The van der Waals surface area contributed by atoms with E-state index in [1.807, 2.05) is 25.1 Å². The van der Waals surface area contributed by atoms with E-state index in [2.05, 4.69) is 18.0 Å². The number of aromatic nitrogens is 1. The molecule has 1 fully saturated rings. The van der Waals surface area contributed by atoms with Gasteiger partial charge in [-0.15, -0.1) is 0 Å². The van der Waals surface area contributed by atoms with Crippen LogP contribution >= 0.6 is 11.6 Å². The summed E-state index contributed by atoms with van der Waals surface area (Å²) in [6, 6.07) is 8.09. The quantitative estimate of drug-likeness (QED) is 0.866. The van der Waals surface area contributed by atoms with Gasteiger partial charge in [0.15, 0.2) is 0 Å². The van der Waals surface area contributed by atoms with Crippen LogP contribution in [0.1, 0.15) is 11.1 Å². The molecule has 0 spiro atoms. The largest absolute Gasteiger partial charge is 0.344 e. The van der Waals surface area contributed by atoms with Crippen LogP contribution in [0.5, 0.6) is 0 Å². The lowest BCUT2D eigenvalue weighted by Crippen LogP contribution is -3.12. The number of aryl methyl sites for hydroxylation is 1. The summed E-state index contributed by atoms with van der Waals surface area (Å²) in [5.41, 5.74) is 2.50. The smallest absolute Gasteiger partial charge is 0.147 e. The lowest BCUT2D eigenvalue weighted by Gasteiger charge is -2.31. The number of anilines is 1. The van der Waals surface area contributed by atoms with Gasteiger partial charge in [0.2, 0.25) is 0 Å². The molecule has 1 aliphatic rings. The van der Waals surface area contributed by atoms with Gasteiger partial charge in [-0.1, -0.05) is 11.6 Å². The standard InChI is InChI=1S/C16H17ClN4/c1-11-7-12-8-13(10-18)16(19-15(12)9-14(11)17)21-5-3-20(2)4-6-21/h7-9H,3-6H2,1-2H3/p+1. The zero-order chi connectivity index (χ0) is 15.0. The van der Waals surface area contributed by atoms with E-state index < -0.39 is 0 Å². The van der Waals surface area contributed by atoms with Gasteiger partial charge in [-0.25, -0.2) is 4.98 Å². The first kappa shape index (κ1) is 14.1. The Hall–Kier alpha value is -1.83. The molecule has 1 aromatic heterocycles. The van der Waals surface area contributed by atoms with E-state index in [9.17, 15) is 5.26 Å². The number of fused-ring (bicyclic) bond motifs is 1. The number of nitriles is 1. The molecule has 1 aliphatic heterocycles. The molecule has 1 saturated heterocycles. The number of hydrogen-bond acceptors (Lipinski definition) is 3. The van der Waals surface area contributed by atoms with E-state index in [-0.39, 0.29) is 0 Å². The van der Waals surface area contributed by atoms with Crippen molar-refractivity contribution in [3.8, 4) is 6.07 Å². The highest BCUT2D eigenvalue weighted by Crippen LogP contribution is 2.27. The molecule has 4 nitrogen and oxygen atoms in total. The molecule has 0 saturated carbocycles. The summed E-state index contributed by atoms with van der Waals surface area (Å²) in [4.78, 5) is 8.43. The second-order valence-corrected chi connectivity index (χ2v) is 6.12. The minimum atomic E-state index is 0.642. The Morgan fingerprint density at radius 2 is 2.00 bits per heavy atom. The second-order valence-electron chi connectivity index (χ2n) is 5.71. The summed E-state index contributed by atoms with van der Waals surface area (Å²) >= 11 is 6.20. The third kappa shape index (κ3) is 2.67. The Kier molecular flexibility index (Phi) is 3.71. The predicted octanol–water partition coefficient (Wildman–Crippen LogP) is 1.40. The van der Waals surface area contributed by atoms with Gasteiger partial charge in [0.25, 0.3) is 0 Å². The molecule has 0 bridgehead atoms. The maximum absolute atomic E-state index is 9.44. The summed E-state index contributed by atoms with van der Waals surface area (Å²) in [5, 5.41) is 11.1. The van der Waals surface area contributed by atoms with E-state index in [0.717, 1.165) is 48.5 Å². The van der Waals surface area contributed by atoms with Gasteiger partial charge in [0.05, 0.1) is 44.3 Å². The number of hydrogen-bond donors (Lipinski definition) is 1. The van der Waals surface area contributed by atoms with E-state index in [0.29, 0.717) is 10.6 Å². The molecule has 108 valence electrons. The normalized spacial score (nSPS) is 16.2. The fourth-order valence-corrected chi connectivity index (χ4v) is 2.88. The topological polar surface area (TPSA) is 44.4 Å². The Morgan fingerprint density at radius 3 is 2.67 bits per heavy atom. The Bertz CT molecular complexity index is 727. The van der Waals surface area contributed by atoms with Crippen molar-refractivity contribution in [1.29, 1.82) is 5.26 Å². The predicted molar refractivity (Wildman–Crippen MR) is 85.0 cm³/mol. The number of pyridine rings is 1. The molecule has 5 heteroatoms. The number of rotatable bonds is 1. The molecule has 0 atom stereocenters. The minimum absolute atomic E-state index is 0.642. The number of nitrogens with one attached hydrogen (secondary N) is 1. The van der Waals surface area contributed by atoms with E-state index in [4.69, 9.17) is 16.6 Å². The summed E-state index contributed by atoms with van der Waals surface area (Å²) in [6.07, 6.45) is 0. The molecule has 0 aliphatic carbocycles. The van der Waals surface area contributed by atoms with Gasteiger partial charge >= 0.3 is 0 Å². The lowest BCUT2D eigenvalue weighted by atomic mass is 10.1. The summed E-state index contributed by atoms with van der Waals surface area (Å²) in [6.45, 7) is 5.96. The van der Waals surface area contributed by atoms with Crippen molar-refractivity contribution in [2.24, 2.45) is 0 Å². The number of likely N-dealkylation sites (N-methyl/N-ethyl adjacent to an activating group) is 1. The number of quaternary nitrogens is 1. The highest BCUT2D eigenvalue weighted by Gasteiger charge is 2.21. The molecule has 2 aromatic rings. The van der Waals surface area contributed by atoms with Gasteiger partial charge in [0.1, 0.15) is 11.9 Å². The molecule has 2 heterocycles. The van der Waals surface area contributed by atoms with Crippen molar-refractivity contribution < 1.29 is 4.90 Å². The number of halogens is 1. The maximum Gasteiger partial charge on any atom is 0.147 e. The zero-order valence-electron chi connectivity index (χ0n) is 12.3. The Balaban J connectivity index is 2.09. The van der Waals surface area contributed by atoms with Gasteiger partial charge in [-0.2, -0.15) is 5.26 Å². The van der Waals surface area contributed by atoms with Crippen molar-refractivity contribution in [1.82, 2.24) is 4.98 Å². The van der Waals surface area contributed by atoms with Crippen LogP contribution in [0.3, 0.4) is 0 Å². The average molecular weight is 302 g/mol. The molecule has 0 unspecified atom stereocenters. The van der Waals surface area contributed by atoms with Gasteiger partial charge in [0, 0.05) is 10.4 Å². The molecule has 1 N–H and O–H groups in total. The Labute approximate surface area is 129 Å². The van der Waals surface area contributed by atoms with Crippen LogP contribution < -0.4 is 9.80 Å². The molecule has 3 rings (SSSR count). The van der Waals surface area contributed by atoms with Crippen LogP contribution in [0.4, 0.5) is 5.82 Å². The highest BCUT2D eigenvalue weighted by atomic mass is 35.5. The number of benzene rings is 1. The first-order valence-corrected chi connectivity index (χ1v) is 7.53. The van der Waals surface area contributed by atoms with Crippen molar-refractivity contribution in [2.75, 3.05) is 38.1 Å². The molecule has 21 heavy (non-hydrogen) atoms. The highest BCUT2D eigenvalue weighted by molar-refractivity contribution is 6.32. The van der Waals surface area contributed by atoms with E-state index in [1.165, 1.54) is 4.90 Å². The SMILES string of the molecule is Cc1cc2cc(C#N)c(N3CC[NH+](C)CC3)nc2cc1Cl. The summed E-state index contributed by atoms with van der Waals surface area (Å²) < 4.78 is 0. The Morgan fingerprint density at radius 1 is 1.29 bits per heavy atom. The van der Waals surface area contributed by atoms with Gasteiger partial charge in [-0.05, 0) is 30.7 Å². The van der Waals surface area contributed by atoms with Crippen LogP contribution in [-0.2, 0) is 0 Å². The van der Waals surface area contributed by atoms with Crippen molar-refractivity contribution in [3.05, 3.63) is 34.3 Å². The molecule has 1 aromatic carbocycles. The number of nitrogens with zero attached hydrogens (tertiary/aromatic N) is 3. The lowest BCUT2D eigenvalue weighted by molar-refractivity contribution is -0.880. The zero-order valence-corrected chi connectivity index (χ0v) is 13.0. The number of piperazine rings is 1.